The summed E-state index contributed by atoms with van der Waals surface area (Å²) in [5.74, 6) is 0.765. The monoisotopic (exact) mass is 545 g/mol. The van der Waals surface area contributed by atoms with E-state index in [2.05, 4.69) is 103 Å². The fraction of sp³-hybridized carbons (Fsp3) is 0.108. The molecule has 0 radical (unpaired) electrons. The van der Waals surface area contributed by atoms with Gasteiger partial charge in [0.15, 0.2) is 5.82 Å². The highest BCUT2D eigenvalue weighted by molar-refractivity contribution is 7.21. The molecular weight excluding hydrogens is 518 g/mol. The van der Waals surface area contributed by atoms with Gasteiger partial charge in [0.2, 0.25) is 0 Å². The molecule has 0 amide bonds. The summed E-state index contributed by atoms with van der Waals surface area (Å²) in [6.45, 7) is 0. The van der Waals surface area contributed by atoms with Crippen molar-refractivity contribution in [3.63, 3.8) is 0 Å². The van der Waals surface area contributed by atoms with Crippen LogP contribution in [0.15, 0.2) is 115 Å². The molecule has 0 unspecified atom stereocenters. The predicted molar refractivity (Wildman–Crippen MR) is 171 cm³/mol. The minimum absolute atomic E-state index is 0.765. The van der Waals surface area contributed by atoms with E-state index in [1.165, 1.54) is 45.0 Å². The van der Waals surface area contributed by atoms with E-state index in [-0.39, 0.29) is 0 Å². The van der Waals surface area contributed by atoms with Crippen molar-refractivity contribution in [1.29, 1.82) is 0 Å². The Bertz CT molecular complexity index is 1970. The van der Waals surface area contributed by atoms with Gasteiger partial charge < -0.3 is 0 Å². The van der Waals surface area contributed by atoms with Gasteiger partial charge in [0, 0.05) is 27.6 Å². The average molecular weight is 546 g/mol. The average Bonchev–Trinajstić information content (AvgIpc) is 3.50. The number of hydrogen-bond donors (Lipinski definition) is 0. The fourth-order valence-electron chi connectivity index (χ4n) is 6.12. The SMILES string of the molecule is c1ccc(-c2cc(-c3ccccc3)nc(-c3cc4c(c5c3ccc3sc(-c6ccccc6)nc35)CCCC4)n2)cc1. The summed E-state index contributed by atoms with van der Waals surface area (Å²) < 4.78 is 1.23. The Labute approximate surface area is 243 Å². The summed E-state index contributed by atoms with van der Waals surface area (Å²) >= 11 is 1.77. The standard InChI is InChI=1S/C37H27N3S/c1-4-12-24(13-5-1)31-23-32(25-14-6-2-7-15-25)39-36(38-31)30-22-27-18-10-11-19-28(27)34-29(30)20-21-33-35(34)40-37(41-33)26-16-8-3-9-17-26/h1-9,12-17,20-23H,10-11,18-19H2. The molecule has 4 heteroatoms. The van der Waals surface area contributed by atoms with E-state index < -0.39 is 0 Å². The largest absolute Gasteiger partial charge is 0.235 e. The summed E-state index contributed by atoms with van der Waals surface area (Å²) in [5.41, 5.74) is 10.3. The molecule has 0 fully saturated rings. The van der Waals surface area contributed by atoms with Crippen LogP contribution in [0.2, 0.25) is 0 Å². The zero-order valence-electron chi connectivity index (χ0n) is 22.5. The quantitative estimate of drug-likeness (QED) is 0.221. The Balaban J connectivity index is 1.41. The van der Waals surface area contributed by atoms with Crippen molar-refractivity contribution in [1.82, 2.24) is 15.0 Å². The van der Waals surface area contributed by atoms with E-state index in [4.69, 9.17) is 15.0 Å². The van der Waals surface area contributed by atoms with Crippen LogP contribution in [-0.4, -0.2) is 15.0 Å². The minimum atomic E-state index is 0.765. The van der Waals surface area contributed by atoms with Crippen molar-refractivity contribution >= 4 is 32.3 Å². The Hall–Kier alpha value is -4.67. The third kappa shape index (κ3) is 4.32. The second kappa shape index (κ2) is 10.1. The lowest BCUT2D eigenvalue weighted by atomic mass is 9.85. The molecule has 2 aromatic heterocycles. The van der Waals surface area contributed by atoms with Gasteiger partial charge in [-0.2, -0.15) is 0 Å². The molecule has 1 aliphatic carbocycles. The van der Waals surface area contributed by atoms with Gasteiger partial charge in [-0.1, -0.05) is 97.1 Å². The van der Waals surface area contributed by atoms with Gasteiger partial charge >= 0.3 is 0 Å². The maximum atomic E-state index is 5.26. The molecule has 0 atom stereocenters. The predicted octanol–water partition coefficient (Wildman–Crippen LogP) is 9.79. The van der Waals surface area contributed by atoms with Crippen LogP contribution < -0.4 is 0 Å². The van der Waals surface area contributed by atoms with Crippen molar-refractivity contribution < 1.29 is 0 Å². The van der Waals surface area contributed by atoms with Crippen LogP contribution in [0.1, 0.15) is 24.0 Å². The highest BCUT2D eigenvalue weighted by atomic mass is 32.1. The summed E-state index contributed by atoms with van der Waals surface area (Å²) in [6.07, 6.45) is 4.59. The molecule has 0 aliphatic heterocycles. The molecule has 7 aromatic rings. The summed E-state index contributed by atoms with van der Waals surface area (Å²) in [6, 6.07) is 40.3. The summed E-state index contributed by atoms with van der Waals surface area (Å²) in [7, 11) is 0. The normalized spacial score (nSPS) is 13.0. The first-order chi connectivity index (χ1) is 20.3. The molecule has 2 heterocycles. The third-order valence-corrected chi connectivity index (χ3v) is 9.18. The zero-order chi connectivity index (χ0) is 27.2. The van der Waals surface area contributed by atoms with E-state index in [1.54, 1.807) is 11.3 Å². The summed E-state index contributed by atoms with van der Waals surface area (Å²) in [4.78, 5) is 15.7. The van der Waals surface area contributed by atoms with E-state index in [1.807, 2.05) is 12.1 Å². The molecule has 196 valence electrons. The number of aryl methyl sites for hydroxylation is 2. The van der Waals surface area contributed by atoms with Crippen molar-refractivity contribution in [2.75, 3.05) is 0 Å². The van der Waals surface area contributed by atoms with Crippen molar-refractivity contribution in [2.45, 2.75) is 25.7 Å². The second-order valence-corrected chi connectivity index (χ2v) is 11.7. The Kier molecular flexibility index (Phi) is 5.93. The van der Waals surface area contributed by atoms with Crippen LogP contribution in [0, 0.1) is 0 Å². The second-order valence-electron chi connectivity index (χ2n) is 10.7. The molecule has 0 N–H and O–H groups in total. The Morgan fingerprint density at radius 1 is 0.561 bits per heavy atom. The van der Waals surface area contributed by atoms with Crippen LogP contribution in [0.5, 0.6) is 0 Å². The first-order valence-corrected chi connectivity index (χ1v) is 15.1. The van der Waals surface area contributed by atoms with Crippen molar-refractivity contribution in [2.24, 2.45) is 0 Å². The van der Waals surface area contributed by atoms with Gasteiger partial charge in [0.25, 0.3) is 0 Å². The number of fused-ring (bicyclic) bond motifs is 5. The number of nitrogens with zero attached hydrogens (tertiary/aromatic N) is 3. The topological polar surface area (TPSA) is 38.7 Å². The van der Waals surface area contributed by atoms with Gasteiger partial charge in [0.1, 0.15) is 5.01 Å². The van der Waals surface area contributed by atoms with Gasteiger partial charge in [-0.15, -0.1) is 11.3 Å². The van der Waals surface area contributed by atoms with Crippen molar-refractivity contribution in [3.05, 3.63) is 126 Å². The first-order valence-electron chi connectivity index (χ1n) is 14.3. The van der Waals surface area contributed by atoms with E-state index in [0.29, 0.717) is 0 Å². The lowest BCUT2D eigenvalue weighted by Gasteiger charge is -2.21. The molecule has 8 rings (SSSR count). The van der Waals surface area contributed by atoms with Crippen molar-refractivity contribution in [3.8, 4) is 44.5 Å². The molecule has 0 bridgehead atoms. The number of hydrogen-bond acceptors (Lipinski definition) is 4. The molecule has 1 aliphatic rings. The molecule has 0 saturated heterocycles. The van der Waals surface area contributed by atoms with Gasteiger partial charge in [-0.3, -0.25) is 0 Å². The molecule has 5 aromatic carbocycles. The molecule has 0 saturated carbocycles. The van der Waals surface area contributed by atoms with E-state index in [9.17, 15) is 0 Å². The Morgan fingerprint density at radius 3 is 1.83 bits per heavy atom. The van der Waals surface area contributed by atoms with E-state index >= 15 is 0 Å². The maximum Gasteiger partial charge on any atom is 0.161 e. The van der Waals surface area contributed by atoms with E-state index in [0.717, 1.165) is 57.3 Å². The fourth-order valence-corrected chi connectivity index (χ4v) is 7.10. The summed E-state index contributed by atoms with van der Waals surface area (Å²) in [5, 5.41) is 3.53. The van der Waals surface area contributed by atoms with Gasteiger partial charge in [-0.05, 0) is 60.4 Å². The molecular formula is C37H27N3S. The molecule has 3 nitrogen and oxygen atoms in total. The van der Waals surface area contributed by atoms with Gasteiger partial charge in [0.05, 0.1) is 21.6 Å². The lowest BCUT2D eigenvalue weighted by Crippen LogP contribution is -2.06. The molecule has 0 spiro atoms. The third-order valence-electron chi connectivity index (χ3n) is 8.11. The lowest BCUT2D eigenvalue weighted by molar-refractivity contribution is 0.690. The number of thiazole rings is 1. The Morgan fingerprint density at radius 2 is 1.17 bits per heavy atom. The van der Waals surface area contributed by atoms with Crippen LogP contribution in [0.25, 0.3) is 65.5 Å². The number of benzene rings is 5. The zero-order valence-corrected chi connectivity index (χ0v) is 23.4. The van der Waals surface area contributed by atoms with Crippen LogP contribution in [0.4, 0.5) is 0 Å². The highest BCUT2D eigenvalue weighted by Gasteiger charge is 2.22. The number of rotatable bonds is 4. The van der Waals surface area contributed by atoms with Crippen LogP contribution >= 0.6 is 11.3 Å². The highest BCUT2D eigenvalue weighted by Crippen LogP contribution is 2.42. The smallest absolute Gasteiger partial charge is 0.161 e. The maximum absolute atomic E-state index is 5.26. The molecule has 41 heavy (non-hydrogen) atoms. The van der Waals surface area contributed by atoms with Gasteiger partial charge in [-0.25, -0.2) is 15.0 Å². The number of aromatic nitrogens is 3. The van der Waals surface area contributed by atoms with Crippen LogP contribution in [0.3, 0.4) is 0 Å². The minimum Gasteiger partial charge on any atom is -0.235 e. The van der Waals surface area contributed by atoms with Crippen LogP contribution in [-0.2, 0) is 12.8 Å². The first kappa shape index (κ1) is 24.2.